The van der Waals surface area contributed by atoms with Crippen molar-refractivity contribution in [2.24, 2.45) is 5.41 Å². The maximum atomic E-state index is 12.6. The zero-order valence-electron chi connectivity index (χ0n) is 13.0. The molecule has 0 saturated heterocycles. The molecular formula is C17H25NO2. The lowest BCUT2D eigenvalue weighted by atomic mass is 9.74. The average molecular weight is 275 g/mol. The smallest absolute Gasteiger partial charge is 0.332 e. The lowest BCUT2D eigenvalue weighted by Crippen LogP contribution is -2.55. The molecule has 20 heavy (non-hydrogen) atoms. The van der Waals surface area contributed by atoms with E-state index in [-0.39, 0.29) is 11.4 Å². The lowest BCUT2D eigenvalue weighted by molar-refractivity contribution is -0.151. The Kier molecular flexibility index (Phi) is 4.07. The van der Waals surface area contributed by atoms with E-state index in [1.165, 1.54) is 0 Å². The molecule has 2 rings (SSSR count). The summed E-state index contributed by atoms with van der Waals surface area (Å²) in [6.45, 7) is 8.65. The van der Waals surface area contributed by atoms with E-state index in [4.69, 9.17) is 4.74 Å². The van der Waals surface area contributed by atoms with Gasteiger partial charge in [-0.3, -0.25) is 0 Å². The molecule has 1 atom stereocenters. The Morgan fingerprint density at radius 3 is 2.55 bits per heavy atom. The molecule has 0 heterocycles. The van der Waals surface area contributed by atoms with Crippen molar-refractivity contribution < 1.29 is 9.53 Å². The zero-order valence-corrected chi connectivity index (χ0v) is 13.0. The molecule has 1 aromatic carbocycles. The Balaban J connectivity index is 2.38. The highest BCUT2D eigenvalue weighted by Gasteiger charge is 2.55. The fourth-order valence-corrected chi connectivity index (χ4v) is 3.21. The molecule has 1 saturated carbocycles. The molecule has 1 aliphatic carbocycles. The molecular weight excluding hydrogens is 250 g/mol. The van der Waals surface area contributed by atoms with Crippen LogP contribution in [0.25, 0.3) is 0 Å². The second-order valence-corrected chi connectivity index (χ2v) is 6.30. The Bertz CT molecular complexity index is 496. The van der Waals surface area contributed by atoms with Crippen molar-refractivity contribution in [1.82, 2.24) is 0 Å². The highest BCUT2D eigenvalue weighted by Crippen LogP contribution is 2.48. The van der Waals surface area contributed by atoms with E-state index in [0.29, 0.717) is 6.61 Å². The number of hydrogen-bond acceptors (Lipinski definition) is 3. The van der Waals surface area contributed by atoms with E-state index < -0.39 is 5.54 Å². The predicted octanol–water partition coefficient (Wildman–Crippen LogP) is 3.92. The zero-order chi connectivity index (χ0) is 14.8. The van der Waals surface area contributed by atoms with Crippen LogP contribution in [-0.4, -0.2) is 18.1 Å². The number of para-hydroxylation sites is 1. The molecule has 0 aliphatic heterocycles. The number of benzene rings is 1. The predicted molar refractivity (Wildman–Crippen MR) is 81.8 cm³/mol. The quantitative estimate of drug-likeness (QED) is 0.846. The van der Waals surface area contributed by atoms with Gasteiger partial charge in [0.15, 0.2) is 0 Å². The van der Waals surface area contributed by atoms with Crippen LogP contribution in [-0.2, 0) is 9.53 Å². The molecule has 1 aliphatic rings. The monoisotopic (exact) mass is 275 g/mol. The van der Waals surface area contributed by atoms with E-state index in [1.807, 2.05) is 25.1 Å². The van der Waals surface area contributed by atoms with Gasteiger partial charge in [-0.05, 0) is 50.2 Å². The summed E-state index contributed by atoms with van der Waals surface area (Å²) in [5.41, 5.74) is 1.45. The largest absolute Gasteiger partial charge is 0.464 e. The summed E-state index contributed by atoms with van der Waals surface area (Å²) in [5, 5.41) is 3.52. The van der Waals surface area contributed by atoms with Gasteiger partial charge >= 0.3 is 5.97 Å². The minimum absolute atomic E-state index is 0.110. The number of anilines is 1. The van der Waals surface area contributed by atoms with Gasteiger partial charge in [0.05, 0.1) is 6.61 Å². The van der Waals surface area contributed by atoms with Crippen molar-refractivity contribution >= 4 is 11.7 Å². The molecule has 0 radical (unpaired) electrons. The first-order valence-electron chi connectivity index (χ1n) is 7.44. The Morgan fingerprint density at radius 2 is 2.00 bits per heavy atom. The van der Waals surface area contributed by atoms with Crippen molar-refractivity contribution in [3.63, 3.8) is 0 Å². The van der Waals surface area contributed by atoms with Crippen LogP contribution in [0.4, 0.5) is 5.69 Å². The van der Waals surface area contributed by atoms with Crippen molar-refractivity contribution in [1.29, 1.82) is 0 Å². The van der Waals surface area contributed by atoms with Gasteiger partial charge in [-0.15, -0.1) is 0 Å². The topological polar surface area (TPSA) is 38.3 Å². The minimum Gasteiger partial charge on any atom is -0.464 e. The van der Waals surface area contributed by atoms with Crippen LogP contribution in [0.15, 0.2) is 24.3 Å². The number of ether oxygens (including phenoxy) is 1. The van der Waals surface area contributed by atoms with E-state index in [1.54, 1.807) is 0 Å². The van der Waals surface area contributed by atoms with E-state index in [9.17, 15) is 4.79 Å². The lowest BCUT2D eigenvalue weighted by Gasteiger charge is -2.40. The van der Waals surface area contributed by atoms with Gasteiger partial charge in [0.25, 0.3) is 0 Å². The molecule has 3 heteroatoms. The SMILES string of the molecule is CCOC(=O)C1(Nc2ccccc2C)CCCC1(C)C. The molecule has 0 aromatic heterocycles. The number of aryl methyl sites for hydroxylation is 1. The maximum Gasteiger partial charge on any atom is 0.332 e. The third-order valence-corrected chi connectivity index (χ3v) is 4.63. The van der Waals surface area contributed by atoms with Crippen molar-refractivity contribution in [3.8, 4) is 0 Å². The molecule has 110 valence electrons. The summed E-state index contributed by atoms with van der Waals surface area (Å²) in [6, 6.07) is 8.10. The van der Waals surface area contributed by atoms with Gasteiger partial charge in [0, 0.05) is 5.69 Å². The molecule has 0 bridgehead atoms. The summed E-state index contributed by atoms with van der Waals surface area (Å²) < 4.78 is 5.38. The van der Waals surface area contributed by atoms with Crippen LogP contribution in [0, 0.1) is 12.3 Å². The van der Waals surface area contributed by atoms with Gasteiger partial charge in [-0.1, -0.05) is 32.0 Å². The van der Waals surface area contributed by atoms with Crippen LogP contribution in [0.1, 0.15) is 45.6 Å². The fraction of sp³-hybridized carbons (Fsp3) is 0.588. The Hall–Kier alpha value is -1.51. The van der Waals surface area contributed by atoms with Crippen LogP contribution >= 0.6 is 0 Å². The standard InChI is InChI=1S/C17H25NO2/c1-5-20-15(19)17(12-8-11-16(17,3)4)18-14-10-7-6-9-13(14)2/h6-7,9-10,18H,5,8,11-12H2,1-4H3. The second kappa shape index (κ2) is 5.47. The second-order valence-electron chi connectivity index (χ2n) is 6.30. The van der Waals surface area contributed by atoms with Crippen LogP contribution in [0.3, 0.4) is 0 Å². The van der Waals surface area contributed by atoms with Crippen LogP contribution in [0.5, 0.6) is 0 Å². The minimum atomic E-state index is -0.616. The average Bonchev–Trinajstić information content (AvgIpc) is 2.69. The Morgan fingerprint density at radius 1 is 1.30 bits per heavy atom. The van der Waals surface area contributed by atoms with Crippen LogP contribution < -0.4 is 5.32 Å². The molecule has 0 spiro atoms. The highest BCUT2D eigenvalue weighted by molar-refractivity contribution is 5.86. The number of carbonyl (C=O) groups is 1. The molecule has 0 amide bonds. The molecule has 1 unspecified atom stereocenters. The summed E-state index contributed by atoms with van der Waals surface area (Å²) >= 11 is 0. The van der Waals surface area contributed by atoms with Crippen molar-refractivity contribution in [2.45, 2.75) is 52.5 Å². The Labute approximate surface area is 121 Å². The fourth-order valence-electron chi connectivity index (χ4n) is 3.21. The first-order valence-corrected chi connectivity index (χ1v) is 7.44. The summed E-state index contributed by atoms with van der Waals surface area (Å²) in [6.07, 6.45) is 2.91. The van der Waals surface area contributed by atoms with E-state index in [0.717, 1.165) is 30.5 Å². The summed E-state index contributed by atoms with van der Waals surface area (Å²) in [5.74, 6) is -0.120. The van der Waals surface area contributed by atoms with Gasteiger partial charge in [0.1, 0.15) is 5.54 Å². The van der Waals surface area contributed by atoms with E-state index in [2.05, 4.69) is 32.2 Å². The van der Waals surface area contributed by atoms with Crippen molar-refractivity contribution in [3.05, 3.63) is 29.8 Å². The maximum absolute atomic E-state index is 12.6. The number of nitrogens with one attached hydrogen (secondary N) is 1. The number of carbonyl (C=O) groups excluding carboxylic acids is 1. The first-order chi connectivity index (χ1) is 9.43. The van der Waals surface area contributed by atoms with Gasteiger partial charge in [0.2, 0.25) is 0 Å². The van der Waals surface area contributed by atoms with Gasteiger partial charge in [-0.2, -0.15) is 0 Å². The number of rotatable bonds is 4. The third kappa shape index (κ3) is 2.41. The van der Waals surface area contributed by atoms with E-state index >= 15 is 0 Å². The normalized spacial score (nSPS) is 24.4. The number of esters is 1. The summed E-state index contributed by atoms with van der Waals surface area (Å²) in [4.78, 5) is 12.6. The molecule has 1 aromatic rings. The van der Waals surface area contributed by atoms with Gasteiger partial charge in [-0.25, -0.2) is 4.79 Å². The molecule has 1 N–H and O–H groups in total. The number of hydrogen-bond donors (Lipinski definition) is 1. The van der Waals surface area contributed by atoms with Crippen molar-refractivity contribution in [2.75, 3.05) is 11.9 Å². The first kappa shape index (κ1) is 14.9. The summed E-state index contributed by atoms with van der Waals surface area (Å²) in [7, 11) is 0. The molecule has 3 nitrogen and oxygen atoms in total. The van der Waals surface area contributed by atoms with Gasteiger partial charge < -0.3 is 10.1 Å². The van der Waals surface area contributed by atoms with Crippen LogP contribution in [0.2, 0.25) is 0 Å². The highest BCUT2D eigenvalue weighted by atomic mass is 16.5. The third-order valence-electron chi connectivity index (χ3n) is 4.63. The molecule has 1 fully saturated rings.